The lowest BCUT2D eigenvalue weighted by Crippen LogP contribution is -2.64. The average molecular weight is 246 g/mol. The number of nitrogens with zero attached hydrogens (tertiary/aromatic N) is 1. The van der Waals surface area contributed by atoms with Gasteiger partial charge in [-0.15, -0.1) is 0 Å². The molecule has 1 heterocycles. The molecule has 4 heteroatoms. The molecule has 18 heavy (non-hydrogen) atoms. The summed E-state index contributed by atoms with van der Waals surface area (Å²) < 4.78 is 0. The highest BCUT2D eigenvalue weighted by Gasteiger charge is 2.44. The Labute approximate surface area is 107 Å². The molecule has 0 bridgehead atoms. The first-order valence-corrected chi connectivity index (χ1v) is 6.13. The number of piperazine rings is 1. The molecule has 1 saturated heterocycles. The van der Waals surface area contributed by atoms with Crippen LogP contribution in [0.4, 0.5) is 0 Å². The fourth-order valence-electron chi connectivity index (χ4n) is 2.27. The molecule has 2 rings (SSSR count). The van der Waals surface area contributed by atoms with E-state index in [1.807, 2.05) is 44.2 Å². The van der Waals surface area contributed by atoms with Crippen molar-refractivity contribution in [2.24, 2.45) is 0 Å². The van der Waals surface area contributed by atoms with Gasteiger partial charge in [0.25, 0.3) is 5.91 Å². The van der Waals surface area contributed by atoms with Crippen molar-refractivity contribution in [3.8, 4) is 0 Å². The minimum Gasteiger partial charge on any atom is -0.337 e. The fourth-order valence-corrected chi connectivity index (χ4v) is 2.27. The number of amides is 2. The molecule has 0 saturated carbocycles. The Kier molecular flexibility index (Phi) is 3.11. The van der Waals surface area contributed by atoms with E-state index >= 15 is 0 Å². The van der Waals surface area contributed by atoms with E-state index in [2.05, 4.69) is 5.32 Å². The van der Waals surface area contributed by atoms with Crippen molar-refractivity contribution in [1.29, 1.82) is 0 Å². The van der Waals surface area contributed by atoms with E-state index in [-0.39, 0.29) is 24.4 Å². The first-order chi connectivity index (χ1) is 8.45. The second-order valence-corrected chi connectivity index (χ2v) is 5.07. The summed E-state index contributed by atoms with van der Waals surface area (Å²) in [6.45, 7) is 5.74. The number of rotatable bonds is 2. The molecule has 1 aromatic carbocycles. The Morgan fingerprint density at radius 2 is 1.83 bits per heavy atom. The lowest BCUT2D eigenvalue weighted by Gasteiger charge is -2.41. The Bertz CT molecular complexity index is 470. The molecule has 1 unspecified atom stereocenters. The number of carbonyl (C=O) groups is 2. The first-order valence-electron chi connectivity index (χ1n) is 6.13. The van der Waals surface area contributed by atoms with Gasteiger partial charge >= 0.3 is 0 Å². The SMILES string of the molecule is CC(C)N1CC(=O)NC(C)(c2ccccc2)C1=O. The van der Waals surface area contributed by atoms with E-state index in [1.54, 1.807) is 11.8 Å². The zero-order chi connectivity index (χ0) is 13.3. The Hall–Kier alpha value is -1.84. The van der Waals surface area contributed by atoms with Gasteiger partial charge in [-0.2, -0.15) is 0 Å². The summed E-state index contributed by atoms with van der Waals surface area (Å²) in [6.07, 6.45) is 0. The third kappa shape index (κ3) is 1.98. The maximum atomic E-state index is 12.5. The number of hydrogen-bond acceptors (Lipinski definition) is 2. The highest BCUT2D eigenvalue weighted by atomic mass is 16.2. The summed E-state index contributed by atoms with van der Waals surface area (Å²) in [7, 11) is 0. The van der Waals surface area contributed by atoms with Gasteiger partial charge in [-0.05, 0) is 26.3 Å². The number of carbonyl (C=O) groups excluding carboxylic acids is 2. The average Bonchev–Trinajstić information content (AvgIpc) is 2.34. The van der Waals surface area contributed by atoms with E-state index in [4.69, 9.17) is 0 Å². The van der Waals surface area contributed by atoms with Crippen LogP contribution in [0.5, 0.6) is 0 Å². The van der Waals surface area contributed by atoms with Crippen LogP contribution in [0.3, 0.4) is 0 Å². The normalized spacial score (nSPS) is 24.3. The number of hydrogen-bond donors (Lipinski definition) is 1. The largest absolute Gasteiger partial charge is 0.337 e. The van der Waals surface area contributed by atoms with E-state index in [0.717, 1.165) is 5.56 Å². The van der Waals surface area contributed by atoms with Crippen molar-refractivity contribution in [3.63, 3.8) is 0 Å². The van der Waals surface area contributed by atoms with E-state index < -0.39 is 5.54 Å². The van der Waals surface area contributed by atoms with Crippen molar-refractivity contribution in [3.05, 3.63) is 35.9 Å². The summed E-state index contributed by atoms with van der Waals surface area (Å²) in [5, 5.41) is 2.81. The van der Waals surface area contributed by atoms with Gasteiger partial charge in [-0.3, -0.25) is 9.59 Å². The van der Waals surface area contributed by atoms with Gasteiger partial charge < -0.3 is 10.2 Å². The molecule has 96 valence electrons. The van der Waals surface area contributed by atoms with Gasteiger partial charge in [0.05, 0.1) is 6.54 Å². The zero-order valence-corrected chi connectivity index (χ0v) is 10.9. The quantitative estimate of drug-likeness (QED) is 0.854. The smallest absolute Gasteiger partial charge is 0.253 e. The number of benzene rings is 1. The van der Waals surface area contributed by atoms with Crippen LogP contribution in [0.25, 0.3) is 0 Å². The molecule has 1 fully saturated rings. The van der Waals surface area contributed by atoms with Crippen molar-refractivity contribution in [2.75, 3.05) is 6.54 Å². The van der Waals surface area contributed by atoms with Gasteiger partial charge in [-0.1, -0.05) is 30.3 Å². The Morgan fingerprint density at radius 1 is 1.22 bits per heavy atom. The van der Waals surface area contributed by atoms with Crippen LogP contribution >= 0.6 is 0 Å². The highest BCUT2D eigenvalue weighted by Crippen LogP contribution is 2.27. The highest BCUT2D eigenvalue weighted by molar-refractivity contribution is 5.98. The Morgan fingerprint density at radius 3 is 2.39 bits per heavy atom. The molecule has 1 aliphatic rings. The van der Waals surface area contributed by atoms with E-state index in [0.29, 0.717) is 0 Å². The van der Waals surface area contributed by atoms with Gasteiger partial charge in [0.1, 0.15) is 5.54 Å². The van der Waals surface area contributed by atoms with Crippen molar-refractivity contribution >= 4 is 11.8 Å². The summed E-state index contributed by atoms with van der Waals surface area (Å²) in [5.74, 6) is -0.169. The standard InChI is InChI=1S/C14H18N2O2/c1-10(2)16-9-12(17)15-14(3,13(16)18)11-7-5-4-6-8-11/h4-8,10H,9H2,1-3H3,(H,15,17). The Balaban J connectivity index is 2.42. The second kappa shape index (κ2) is 4.44. The maximum Gasteiger partial charge on any atom is 0.253 e. The molecule has 0 spiro atoms. The lowest BCUT2D eigenvalue weighted by molar-refractivity contribution is -0.151. The second-order valence-electron chi connectivity index (χ2n) is 5.07. The monoisotopic (exact) mass is 246 g/mol. The van der Waals surface area contributed by atoms with Crippen LogP contribution in [0.15, 0.2) is 30.3 Å². The molecular weight excluding hydrogens is 228 g/mol. The molecule has 1 N–H and O–H groups in total. The molecule has 0 aromatic heterocycles. The molecule has 0 aliphatic carbocycles. The minimum atomic E-state index is -0.957. The van der Waals surface area contributed by atoms with Crippen LogP contribution in [0, 0.1) is 0 Å². The van der Waals surface area contributed by atoms with Gasteiger partial charge in [-0.25, -0.2) is 0 Å². The molecule has 0 radical (unpaired) electrons. The molecule has 1 aliphatic heterocycles. The first kappa shape index (κ1) is 12.6. The summed E-state index contributed by atoms with van der Waals surface area (Å²) >= 11 is 0. The van der Waals surface area contributed by atoms with Gasteiger partial charge in [0, 0.05) is 6.04 Å². The van der Waals surface area contributed by atoms with Crippen LogP contribution in [0.2, 0.25) is 0 Å². The van der Waals surface area contributed by atoms with Crippen molar-refractivity contribution in [1.82, 2.24) is 10.2 Å². The minimum absolute atomic E-state index is 0.0200. The molecule has 1 aromatic rings. The molecule has 1 atom stereocenters. The van der Waals surface area contributed by atoms with Gasteiger partial charge in [0.2, 0.25) is 5.91 Å². The third-order valence-corrected chi connectivity index (χ3v) is 3.37. The topological polar surface area (TPSA) is 49.4 Å². The van der Waals surface area contributed by atoms with Gasteiger partial charge in [0.15, 0.2) is 0 Å². The van der Waals surface area contributed by atoms with Crippen LogP contribution < -0.4 is 5.32 Å². The maximum absolute atomic E-state index is 12.5. The fraction of sp³-hybridized carbons (Fsp3) is 0.429. The van der Waals surface area contributed by atoms with Crippen molar-refractivity contribution in [2.45, 2.75) is 32.4 Å². The molecule has 2 amide bonds. The van der Waals surface area contributed by atoms with E-state index in [9.17, 15) is 9.59 Å². The molecular formula is C14H18N2O2. The predicted octanol–water partition coefficient (Wildman–Crippen LogP) is 1.27. The summed E-state index contributed by atoms with van der Waals surface area (Å²) in [6, 6.07) is 9.38. The zero-order valence-electron chi connectivity index (χ0n) is 10.9. The summed E-state index contributed by atoms with van der Waals surface area (Å²) in [5.41, 5.74) is -0.144. The third-order valence-electron chi connectivity index (χ3n) is 3.37. The van der Waals surface area contributed by atoms with Crippen LogP contribution in [-0.4, -0.2) is 29.3 Å². The number of nitrogens with one attached hydrogen (secondary N) is 1. The lowest BCUT2D eigenvalue weighted by atomic mass is 9.88. The van der Waals surface area contributed by atoms with E-state index in [1.165, 1.54) is 0 Å². The van der Waals surface area contributed by atoms with Crippen LogP contribution in [0.1, 0.15) is 26.3 Å². The van der Waals surface area contributed by atoms with Crippen molar-refractivity contribution < 1.29 is 9.59 Å². The van der Waals surface area contributed by atoms with Crippen LogP contribution in [-0.2, 0) is 15.1 Å². The predicted molar refractivity (Wildman–Crippen MR) is 68.8 cm³/mol. The summed E-state index contributed by atoms with van der Waals surface area (Å²) in [4.78, 5) is 26.0. The molecule has 4 nitrogen and oxygen atoms in total.